The number of amides is 2. The zero-order valence-electron chi connectivity index (χ0n) is 13.7. The minimum atomic E-state index is -0.386. The predicted molar refractivity (Wildman–Crippen MR) is 92.6 cm³/mol. The highest BCUT2D eigenvalue weighted by Gasteiger charge is 2.25. The Morgan fingerprint density at radius 3 is 2.64 bits per heavy atom. The summed E-state index contributed by atoms with van der Waals surface area (Å²) in [6.45, 7) is 0. The van der Waals surface area contributed by atoms with Gasteiger partial charge in [-0.05, 0) is 49.2 Å². The van der Waals surface area contributed by atoms with E-state index >= 15 is 0 Å². The van der Waals surface area contributed by atoms with Gasteiger partial charge in [0.05, 0.1) is 30.0 Å². The van der Waals surface area contributed by atoms with E-state index in [2.05, 4.69) is 10.6 Å². The molecule has 0 aromatic heterocycles. The fourth-order valence-corrected chi connectivity index (χ4v) is 2.36. The average Bonchev–Trinajstić information content (AvgIpc) is 3.45. The maximum atomic E-state index is 12.5. The van der Waals surface area contributed by atoms with Crippen LogP contribution in [0.4, 0.5) is 5.69 Å². The molecule has 0 bridgehead atoms. The van der Waals surface area contributed by atoms with Crippen LogP contribution in [0.3, 0.4) is 0 Å². The predicted octanol–water partition coefficient (Wildman–Crippen LogP) is 2.71. The van der Waals surface area contributed by atoms with Crippen LogP contribution in [0.5, 0.6) is 5.75 Å². The van der Waals surface area contributed by atoms with E-state index < -0.39 is 0 Å². The Bertz CT molecular complexity index is 866. The molecule has 0 radical (unpaired) electrons. The number of carbonyl (C=O) groups is 2. The van der Waals surface area contributed by atoms with E-state index in [0.717, 1.165) is 12.8 Å². The summed E-state index contributed by atoms with van der Waals surface area (Å²) in [6, 6.07) is 13.5. The second-order valence-electron chi connectivity index (χ2n) is 5.81. The summed E-state index contributed by atoms with van der Waals surface area (Å²) in [7, 11) is 1.52. The van der Waals surface area contributed by atoms with Crippen molar-refractivity contribution in [2.24, 2.45) is 0 Å². The number of benzene rings is 2. The Labute approximate surface area is 145 Å². The summed E-state index contributed by atoms with van der Waals surface area (Å²) in [6.07, 6.45) is 1.94. The molecule has 6 heteroatoms. The molecule has 0 spiro atoms. The standard InChI is InChI=1S/C19H17N3O3/c1-25-15-7-8-17(16(10-15)19(24)21-14-5-6-14)22-18(23)13-4-2-3-12(9-13)11-20/h2-4,7-10,14H,5-6H2,1H3,(H,21,24)(H,22,23). The van der Waals surface area contributed by atoms with Crippen LogP contribution >= 0.6 is 0 Å². The number of nitrogens with zero attached hydrogens (tertiary/aromatic N) is 1. The molecule has 0 saturated heterocycles. The molecule has 6 nitrogen and oxygen atoms in total. The average molecular weight is 335 g/mol. The number of hydrogen-bond donors (Lipinski definition) is 2. The molecule has 25 heavy (non-hydrogen) atoms. The molecule has 2 N–H and O–H groups in total. The monoisotopic (exact) mass is 335 g/mol. The summed E-state index contributed by atoms with van der Waals surface area (Å²) in [4.78, 5) is 24.9. The van der Waals surface area contributed by atoms with Crippen LogP contribution in [0.2, 0.25) is 0 Å². The highest BCUT2D eigenvalue weighted by molar-refractivity contribution is 6.09. The van der Waals surface area contributed by atoms with Crippen molar-refractivity contribution in [2.75, 3.05) is 12.4 Å². The number of anilines is 1. The molecule has 2 amide bonds. The lowest BCUT2D eigenvalue weighted by Crippen LogP contribution is -2.27. The van der Waals surface area contributed by atoms with E-state index in [9.17, 15) is 9.59 Å². The Balaban J connectivity index is 1.86. The summed E-state index contributed by atoms with van der Waals surface area (Å²) in [5.74, 6) is -0.101. The topological polar surface area (TPSA) is 91.2 Å². The molecule has 126 valence electrons. The number of carbonyl (C=O) groups excluding carboxylic acids is 2. The largest absolute Gasteiger partial charge is 0.497 e. The lowest BCUT2D eigenvalue weighted by Gasteiger charge is -2.13. The van der Waals surface area contributed by atoms with E-state index in [1.54, 1.807) is 36.4 Å². The van der Waals surface area contributed by atoms with Crippen molar-refractivity contribution < 1.29 is 14.3 Å². The van der Waals surface area contributed by atoms with Gasteiger partial charge in [0.25, 0.3) is 11.8 Å². The molecule has 1 saturated carbocycles. The van der Waals surface area contributed by atoms with Gasteiger partial charge in [0, 0.05) is 11.6 Å². The third kappa shape index (κ3) is 3.96. The van der Waals surface area contributed by atoms with Crippen molar-refractivity contribution in [2.45, 2.75) is 18.9 Å². The molecule has 0 aliphatic heterocycles. The molecule has 0 atom stereocenters. The smallest absolute Gasteiger partial charge is 0.255 e. The number of methoxy groups -OCH3 is 1. The van der Waals surface area contributed by atoms with Gasteiger partial charge >= 0.3 is 0 Å². The van der Waals surface area contributed by atoms with E-state index in [1.165, 1.54) is 13.2 Å². The zero-order chi connectivity index (χ0) is 17.8. The van der Waals surface area contributed by atoms with E-state index in [0.29, 0.717) is 28.1 Å². The first kappa shape index (κ1) is 16.5. The van der Waals surface area contributed by atoms with E-state index in [4.69, 9.17) is 10.00 Å². The molecule has 1 fully saturated rings. The van der Waals surface area contributed by atoms with Crippen molar-refractivity contribution in [1.29, 1.82) is 5.26 Å². The highest BCUT2D eigenvalue weighted by atomic mass is 16.5. The van der Waals surface area contributed by atoms with Gasteiger partial charge in [0.1, 0.15) is 5.75 Å². The van der Waals surface area contributed by atoms with Crippen molar-refractivity contribution in [3.05, 3.63) is 59.2 Å². The Morgan fingerprint density at radius 1 is 1.16 bits per heavy atom. The van der Waals surface area contributed by atoms with Crippen LogP contribution in [-0.2, 0) is 0 Å². The first-order chi connectivity index (χ1) is 12.1. The maximum Gasteiger partial charge on any atom is 0.255 e. The third-order valence-corrected chi connectivity index (χ3v) is 3.89. The molecule has 0 heterocycles. The lowest BCUT2D eigenvalue weighted by atomic mass is 10.1. The highest BCUT2D eigenvalue weighted by Crippen LogP contribution is 2.25. The van der Waals surface area contributed by atoms with Gasteiger partial charge in [-0.15, -0.1) is 0 Å². The molecule has 1 aliphatic rings. The number of hydrogen-bond acceptors (Lipinski definition) is 4. The number of ether oxygens (including phenoxy) is 1. The maximum absolute atomic E-state index is 12.5. The quantitative estimate of drug-likeness (QED) is 0.879. The minimum absolute atomic E-state index is 0.203. The van der Waals surface area contributed by atoms with Gasteiger partial charge in [0.2, 0.25) is 0 Å². The van der Waals surface area contributed by atoms with Crippen molar-refractivity contribution in [1.82, 2.24) is 5.32 Å². The van der Waals surface area contributed by atoms with Gasteiger partial charge in [0.15, 0.2) is 0 Å². The van der Waals surface area contributed by atoms with Crippen molar-refractivity contribution in [3.63, 3.8) is 0 Å². The Hall–Kier alpha value is -3.33. The van der Waals surface area contributed by atoms with Crippen LogP contribution in [0, 0.1) is 11.3 Å². The number of rotatable bonds is 5. The van der Waals surface area contributed by atoms with E-state index in [-0.39, 0.29) is 17.9 Å². The van der Waals surface area contributed by atoms with Gasteiger partial charge in [-0.25, -0.2) is 0 Å². The number of nitrogens with one attached hydrogen (secondary N) is 2. The second kappa shape index (κ2) is 7.05. The normalized spacial score (nSPS) is 12.8. The zero-order valence-corrected chi connectivity index (χ0v) is 13.7. The molecular weight excluding hydrogens is 318 g/mol. The van der Waals surface area contributed by atoms with Crippen LogP contribution in [0.15, 0.2) is 42.5 Å². The van der Waals surface area contributed by atoms with Crippen LogP contribution < -0.4 is 15.4 Å². The van der Waals surface area contributed by atoms with Crippen LogP contribution in [0.25, 0.3) is 0 Å². The van der Waals surface area contributed by atoms with E-state index in [1.807, 2.05) is 6.07 Å². The summed E-state index contributed by atoms with van der Waals surface area (Å²) >= 11 is 0. The molecule has 1 aliphatic carbocycles. The SMILES string of the molecule is COc1ccc(NC(=O)c2cccc(C#N)c2)c(C(=O)NC2CC2)c1. The molecular formula is C19H17N3O3. The van der Waals surface area contributed by atoms with Crippen molar-refractivity contribution >= 4 is 17.5 Å². The van der Waals surface area contributed by atoms with Gasteiger partial charge in [-0.2, -0.15) is 5.26 Å². The molecule has 0 unspecified atom stereocenters. The summed E-state index contributed by atoms with van der Waals surface area (Å²) in [5, 5.41) is 14.6. The lowest BCUT2D eigenvalue weighted by molar-refractivity contribution is 0.0951. The van der Waals surface area contributed by atoms with Gasteiger partial charge in [-0.1, -0.05) is 6.07 Å². The van der Waals surface area contributed by atoms with Crippen molar-refractivity contribution in [3.8, 4) is 11.8 Å². The second-order valence-corrected chi connectivity index (χ2v) is 5.81. The van der Waals surface area contributed by atoms with Gasteiger partial charge in [-0.3, -0.25) is 9.59 Å². The number of nitriles is 1. The first-order valence-electron chi connectivity index (χ1n) is 7.91. The summed E-state index contributed by atoms with van der Waals surface area (Å²) in [5.41, 5.74) is 1.49. The molecule has 2 aromatic rings. The third-order valence-electron chi connectivity index (χ3n) is 3.89. The fourth-order valence-electron chi connectivity index (χ4n) is 2.36. The molecule has 3 rings (SSSR count). The summed E-state index contributed by atoms with van der Waals surface area (Å²) < 4.78 is 5.17. The minimum Gasteiger partial charge on any atom is -0.497 e. The Kier molecular flexibility index (Phi) is 4.66. The van der Waals surface area contributed by atoms with Crippen LogP contribution in [0.1, 0.15) is 39.1 Å². The first-order valence-corrected chi connectivity index (χ1v) is 7.91. The van der Waals surface area contributed by atoms with Gasteiger partial charge < -0.3 is 15.4 Å². The molecule has 2 aromatic carbocycles. The van der Waals surface area contributed by atoms with Crippen LogP contribution in [-0.4, -0.2) is 25.0 Å². The fraction of sp³-hybridized carbons (Fsp3) is 0.211. The Morgan fingerprint density at radius 2 is 1.96 bits per heavy atom.